The molecule has 140 valence electrons. The van der Waals surface area contributed by atoms with E-state index in [-0.39, 0.29) is 5.56 Å². The van der Waals surface area contributed by atoms with Crippen LogP contribution in [0.5, 0.6) is 11.5 Å². The zero-order valence-corrected chi connectivity index (χ0v) is 15.3. The minimum absolute atomic E-state index is 0.178. The highest BCUT2D eigenvalue weighted by Gasteiger charge is 2.12. The van der Waals surface area contributed by atoms with Crippen molar-refractivity contribution in [2.45, 2.75) is 0 Å². The normalized spacial score (nSPS) is 10.8. The number of aromatic nitrogens is 2. The first-order valence-electron chi connectivity index (χ1n) is 8.50. The molecule has 2 heterocycles. The largest absolute Gasteiger partial charge is 0.497 e. The highest BCUT2D eigenvalue weighted by Crippen LogP contribution is 2.33. The van der Waals surface area contributed by atoms with Crippen LogP contribution in [-0.4, -0.2) is 35.3 Å². The van der Waals surface area contributed by atoms with Crippen molar-refractivity contribution in [3.63, 3.8) is 0 Å². The summed E-state index contributed by atoms with van der Waals surface area (Å²) >= 11 is 0. The maximum absolute atomic E-state index is 11.3. The average Bonchev–Trinajstić information content (AvgIpc) is 2.73. The van der Waals surface area contributed by atoms with Gasteiger partial charge < -0.3 is 19.9 Å². The molecule has 0 aliphatic rings. The molecule has 0 radical (unpaired) electrons. The number of fused-ring (bicyclic) bond motifs is 3. The van der Waals surface area contributed by atoms with Crippen molar-refractivity contribution < 1.29 is 19.4 Å². The fourth-order valence-electron chi connectivity index (χ4n) is 3.09. The van der Waals surface area contributed by atoms with Crippen LogP contribution in [0.2, 0.25) is 0 Å². The van der Waals surface area contributed by atoms with Crippen molar-refractivity contribution in [1.29, 1.82) is 0 Å². The van der Waals surface area contributed by atoms with Crippen LogP contribution in [0.15, 0.2) is 54.9 Å². The summed E-state index contributed by atoms with van der Waals surface area (Å²) in [5.74, 6) is 0.869. The molecule has 0 saturated heterocycles. The van der Waals surface area contributed by atoms with Gasteiger partial charge >= 0.3 is 5.97 Å². The van der Waals surface area contributed by atoms with Gasteiger partial charge in [0.05, 0.1) is 25.3 Å². The molecule has 7 heteroatoms. The van der Waals surface area contributed by atoms with Crippen molar-refractivity contribution in [3.8, 4) is 11.5 Å². The topological polar surface area (TPSA) is 93.6 Å². The van der Waals surface area contributed by atoms with E-state index in [1.165, 1.54) is 0 Å². The number of carboxylic acids is 1. The molecule has 0 saturated carbocycles. The van der Waals surface area contributed by atoms with Crippen molar-refractivity contribution in [3.05, 3.63) is 60.4 Å². The number of benzene rings is 2. The van der Waals surface area contributed by atoms with Gasteiger partial charge in [0.1, 0.15) is 17.3 Å². The van der Waals surface area contributed by atoms with Gasteiger partial charge in [0, 0.05) is 52.4 Å². The van der Waals surface area contributed by atoms with Crippen LogP contribution >= 0.6 is 0 Å². The summed E-state index contributed by atoms with van der Waals surface area (Å²) in [5, 5.41) is 15.2. The van der Waals surface area contributed by atoms with Gasteiger partial charge in [0.15, 0.2) is 0 Å². The third-order valence-electron chi connectivity index (χ3n) is 4.46. The van der Waals surface area contributed by atoms with Gasteiger partial charge in [-0.1, -0.05) is 6.07 Å². The molecule has 0 unspecified atom stereocenters. The van der Waals surface area contributed by atoms with Gasteiger partial charge in [-0.15, -0.1) is 0 Å². The van der Waals surface area contributed by atoms with Crippen molar-refractivity contribution in [1.82, 2.24) is 9.97 Å². The number of carbonyl (C=O) groups is 1. The average molecular weight is 375 g/mol. The first-order valence-corrected chi connectivity index (χ1v) is 8.50. The number of ether oxygens (including phenoxy) is 2. The van der Waals surface area contributed by atoms with E-state index in [4.69, 9.17) is 9.47 Å². The molecule has 28 heavy (non-hydrogen) atoms. The fraction of sp³-hybridized carbons (Fsp3) is 0.0952. The van der Waals surface area contributed by atoms with Crippen LogP contribution in [0.3, 0.4) is 0 Å². The molecule has 7 nitrogen and oxygen atoms in total. The molecule has 4 rings (SSSR count). The monoisotopic (exact) mass is 375 g/mol. The standard InChI is InChI=1S/C21H17N3O4/c1-27-14-8-13(9-15(10-14)28-2)23-20-17-5-6-22-11-18(17)16-4-3-12(21(25)26)7-19(16)24-20/h3-11H,1-2H3,(H,23,24)(H,25,26). The molecule has 0 amide bonds. The number of nitrogens with one attached hydrogen (secondary N) is 1. The van der Waals surface area contributed by atoms with Crippen molar-refractivity contribution >= 4 is 39.1 Å². The number of hydrogen-bond acceptors (Lipinski definition) is 6. The van der Waals surface area contributed by atoms with E-state index in [9.17, 15) is 9.90 Å². The van der Waals surface area contributed by atoms with Gasteiger partial charge in [-0.3, -0.25) is 4.98 Å². The predicted octanol–water partition coefficient (Wildman–Crippen LogP) is 4.24. The molecule has 2 N–H and O–H groups in total. The van der Waals surface area contributed by atoms with Crippen LogP contribution < -0.4 is 14.8 Å². The van der Waals surface area contributed by atoms with Crippen molar-refractivity contribution in [2.24, 2.45) is 0 Å². The van der Waals surface area contributed by atoms with Crippen LogP contribution in [0, 0.1) is 0 Å². The number of hydrogen-bond donors (Lipinski definition) is 2. The van der Waals surface area contributed by atoms with Crippen LogP contribution in [0.25, 0.3) is 21.7 Å². The zero-order chi connectivity index (χ0) is 19.7. The van der Waals surface area contributed by atoms with Crippen molar-refractivity contribution in [2.75, 3.05) is 19.5 Å². The lowest BCUT2D eigenvalue weighted by molar-refractivity contribution is 0.0697. The third-order valence-corrected chi connectivity index (χ3v) is 4.46. The Morgan fingerprint density at radius 3 is 2.39 bits per heavy atom. The number of carboxylic acid groups (broad SMARTS) is 1. The van der Waals surface area contributed by atoms with Gasteiger partial charge in [-0.25, -0.2) is 9.78 Å². The second-order valence-corrected chi connectivity index (χ2v) is 6.15. The van der Waals surface area contributed by atoms with E-state index in [2.05, 4.69) is 15.3 Å². The Labute approximate surface area is 160 Å². The molecule has 0 fully saturated rings. The Morgan fingerprint density at radius 2 is 1.71 bits per heavy atom. The quantitative estimate of drug-likeness (QED) is 0.504. The lowest BCUT2D eigenvalue weighted by Crippen LogP contribution is -2.00. The molecule has 2 aromatic heterocycles. The summed E-state index contributed by atoms with van der Waals surface area (Å²) < 4.78 is 10.6. The van der Waals surface area contributed by atoms with E-state index in [1.54, 1.807) is 50.9 Å². The molecule has 0 bridgehead atoms. The number of methoxy groups -OCH3 is 2. The lowest BCUT2D eigenvalue weighted by atomic mass is 10.1. The second-order valence-electron chi connectivity index (χ2n) is 6.15. The molecule has 0 aliphatic heterocycles. The Kier molecular flexibility index (Phi) is 4.41. The van der Waals surface area contributed by atoms with Gasteiger partial charge in [-0.05, 0) is 18.2 Å². The molecular weight excluding hydrogens is 358 g/mol. The SMILES string of the molecule is COc1cc(Nc2nc3cc(C(=O)O)ccc3c3cnccc23)cc(OC)c1. The second kappa shape index (κ2) is 7.03. The summed E-state index contributed by atoms with van der Waals surface area (Å²) in [6.45, 7) is 0. The number of pyridine rings is 2. The minimum Gasteiger partial charge on any atom is -0.497 e. The number of aromatic carboxylic acids is 1. The number of nitrogens with zero attached hydrogens (tertiary/aromatic N) is 2. The van der Waals surface area contributed by atoms with E-state index in [1.807, 2.05) is 18.2 Å². The number of anilines is 2. The van der Waals surface area contributed by atoms with Gasteiger partial charge in [-0.2, -0.15) is 0 Å². The molecule has 0 atom stereocenters. The molecule has 4 aromatic rings. The summed E-state index contributed by atoms with van der Waals surface area (Å²) in [5.41, 5.74) is 1.48. The molecule has 0 aliphatic carbocycles. The van der Waals surface area contributed by atoms with Crippen LogP contribution in [-0.2, 0) is 0 Å². The first kappa shape index (κ1) is 17.5. The summed E-state index contributed by atoms with van der Waals surface area (Å²) in [4.78, 5) is 20.2. The third kappa shape index (κ3) is 3.14. The Morgan fingerprint density at radius 1 is 0.964 bits per heavy atom. The Bertz CT molecular complexity index is 1180. The number of rotatable bonds is 5. The highest BCUT2D eigenvalue weighted by molar-refractivity contribution is 6.11. The Balaban J connectivity index is 1.91. The maximum atomic E-state index is 11.3. The summed E-state index contributed by atoms with van der Waals surface area (Å²) in [6, 6.07) is 12.2. The predicted molar refractivity (Wildman–Crippen MR) is 107 cm³/mol. The lowest BCUT2D eigenvalue weighted by Gasteiger charge is -2.13. The maximum Gasteiger partial charge on any atom is 0.335 e. The van der Waals surface area contributed by atoms with Gasteiger partial charge in [0.2, 0.25) is 0 Å². The fourth-order valence-corrected chi connectivity index (χ4v) is 3.09. The summed E-state index contributed by atoms with van der Waals surface area (Å²) in [6.07, 6.45) is 3.44. The zero-order valence-electron chi connectivity index (χ0n) is 15.3. The molecule has 2 aromatic carbocycles. The molecular formula is C21H17N3O4. The minimum atomic E-state index is -0.998. The van der Waals surface area contributed by atoms with E-state index < -0.39 is 5.97 Å². The van der Waals surface area contributed by atoms with E-state index in [0.29, 0.717) is 22.8 Å². The van der Waals surface area contributed by atoms with Crippen LogP contribution in [0.4, 0.5) is 11.5 Å². The first-order chi connectivity index (χ1) is 13.6. The summed E-state index contributed by atoms with van der Waals surface area (Å²) in [7, 11) is 3.17. The highest BCUT2D eigenvalue weighted by atomic mass is 16.5. The molecule has 0 spiro atoms. The Hall–Kier alpha value is -3.87. The van der Waals surface area contributed by atoms with E-state index >= 15 is 0 Å². The van der Waals surface area contributed by atoms with E-state index in [0.717, 1.165) is 21.8 Å². The smallest absolute Gasteiger partial charge is 0.335 e. The van der Waals surface area contributed by atoms with Gasteiger partial charge in [0.25, 0.3) is 0 Å². The van der Waals surface area contributed by atoms with Crippen LogP contribution in [0.1, 0.15) is 10.4 Å².